The third-order valence-electron chi connectivity index (χ3n) is 8.79. The van der Waals surface area contributed by atoms with E-state index in [-0.39, 0.29) is 82.5 Å². The van der Waals surface area contributed by atoms with Gasteiger partial charge in [0.05, 0.1) is 63.8 Å². The van der Waals surface area contributed by atoms with Crippen molar-refractivity contribution in [2.45, 2.75) is 67.6 Å². The number of nitrogens with zero attached hydrogens (tertiary/aromatic N) is 3. The van der Waals surface area contributed by atoms with Gasteiger partial charge in [0.15, 0.2) is 11.7 Å². The highest BCUT2D eigenvalue weighted by molar-refractivity contribution is 7.99. The van der Waals surface area contributed by atoms with Crippen molar-refractivity contribution >= 4 is 81.8 Å². The molecule has 0 bridgehead atoms. The number of carbonyl (C=O) groups is 4. The summed E-state index contributed by atoms with van der Waals surface area (Å²) in [6, 6.07) is 3.72. The predicted molar refractivity (Wildman–Crippen MR) is 236 cm³/mol. The lowest BCUT2D eigenvalue weighted by atomic mass is 10.1. The van der Waals surface area contributed by atoms with Gasteiger partial charge in [-0.3, -0.25) is 44.9 Å². The van der Waals surface area contributed by atoms with E-state index >= 15 is 0 Å². The molecule has 3 rings (SSSR count). The van der Waals surface area contributed by atoms with Crippen LogP contribution >= 0.6 is 23.5 Å². The molecule has 0 saturated heterocycles. The Morgan fingerprint density at radius 2 is 1.19 bits per heavy atom. The molecule has 0 radical (unpaired) electrons. The number of rotatable bonds is 23. The average Bonchev–Trinajstić information content (AvgIpc) is 3.72. The summed E-state index contributed by atoms with van der Waals surface area (Å²) in [6.45, 7) is 3.43. The number of guanidine groups is 2. The van der Waals surface area contributed by atoms with Gasteiger partial charge in [0.1, 0.15) is 5.69 Å². The second-order valence-corrected chi connectivity index (χ2v) is 16.0. The summed E-state index contributed by atoms with van der Waals surface area (Å²) in [4.78, 5) is 56.7. The molecule has 1 heterocycles. The first-order chi connectivity index (χ1) is 30.2. The second-order valence-electron chi connectivity index (χ2n) is 13.8. The third kappa shape index (κ3) is 16.8. The van der Waals surface area contributed by atoms with Crippen LogP contribution in [0.1, 0.15) is 77.6 Å². The first-order valence-electron chi connectivity index (χ1n) is 19.7. The summed E-state index contributed by atoms with van der Waals surface area (Å²) in [5.41, 5.74) is 23.3. The molecule has 0 aliphatic rings. The minimum atomic E-state index is -4.92. The van der Waals surface area contributed by atoms with Crippen LogP contribution in [0, 0.1) is 0 Å². The summed E-state index contributed by atoms with van der Waals surface area (Å²) < 4.78 is 86.6. The van der Waals surface area contributed by atoms with E-state index < -0.39 is 58.5 Å². The molecule has 16 N–H and O–H groups in total. The number of unbranched alkanes of at least 4 members (excludes halogenated alkanes) is 2. The Morgan fingerprint density at radius 1 is 0.719 bits per heavy atom. The van der Waals surface area contributed by atoms with Crippen molar-refractivity contribution in [1.29, 1.82) is 0 Å². The zero-order valence-corrected chi connectivity index (χ0v) is 36.7. The van der Waals surface area contributed by atoms with Gasteiger partial charge in [0.2, 0.25) is 11.8 Å². The number of amides is 4. The van der Waals surface area contributed by atoms with E-state index in [4.69, 9.17) is 28.7 Å². The fraction of sp³-hybridized carbons (Fsp3) is 0.447. The fourth-order valence-corrected chi connectivity index (χ4v) is 7.19. The van der Waals surface area contributed by atoms with Gasteiger partial charge in [-0.2, -0.15) is 31.4 Å². The number of H-pyrrole nitrogens is 1. The Labute approximate surface area is 373 Å². The van der Waals surface area contributed by atoms with Gasteiger partial charge in [-0.05, 0) is 56.9 Å². The summed E-state index contributed by atoms with van der Waals surface area (Å²) in [7, 11) is 1.80. The van der Waals surface area contributed by atoms with Gasteiger partial charge < -0.3 is 44.2 Å². The van der Waals surface area contributed by atoms with Crippen LogP contribution in [0.4, 0.5) is 49.1 Å². The maximum Gasteiger partial charge on any atom is 0.416 e. The van der Waals surface area contributed by atoms with Crippen molar-refractivity contribution in [2.24, 2.45) is 33.7 Å². The van der Waals surface area contributed by atoms with E-state index in [0.717, 1.165) is 41.7 Å². The van der Waals surface area contributed by atoms with Crippen molar-refractivity contribution < 1.29 is 50.1 Å². The maximum absolute atomic E-state index is 14.2. The number of nitrogens with one attached hydrogen (secondary N) is 6. The van der Waals surface area contributed by atoms with E-state index in [9.17, 15) is 45.5 Å². The number of benzene rings is 2. The lowest BCUT2D eigenvalue weighted by Gasteiger charge is -2.19. The third-order valence-corrected chi connectivity index (χ3v) is 11.1. The van der Waals surface area contributed by atoms with Crippen LogP contribution < -0.4 is 55.3 Å². The molecule has 2 aromatic carbocycles. The van der Waals surface area contributed by atoms with Crippen molar-refractivity contribution in [3.63, 3.8) is 0 Å². The Bertz CT molecular complexity index is 2160. The van der Waals surface area contributed by atoms with E-state index in [1.54, 1.807) is 11.6 Å². The standard InChI is InChI=1S/C38H52F6N14O4S2/c1-3-58(2)36(49)51-13-7-5-9-30(60)53-24-17-22(38(42,43)44)19-26(32(24)64-15-11-46)55-34(62)28-20-27(56-57-28)33(61)54-25-18-21(37(39,40)41)16-23(31(25)63-14-10-45)52-29(59)8-4-6-12-50-35(47)48/h16-20H,3-15,45-46H2,1-2H3,(H11,47,48,49,50,51,52,53,54,55,56,57,59,60,61,62)/p+1. The molecule has 64 heavy (non-hydrogen) atoms. The van der Waals surface area contributed by atoms with Crippen molar-refractivity contribution in [1.82, 2.24) is 15.5 Å². The second kappa shape index (κ2) is 24.9. The number of nitrogens with two attached hydrogens (primary N) is 5. The molecule has 0 spiro atoms. The molecule has 0 aliphatic carbocycles. The van der Waals surface area contributed by atoms with Crippen molar-refractivity contribution in [2.75, 3.05) is 72.5 Å². The highest BCUT2D eigenvalue weighted by Gasteiger charge is 2.35. The van der Waals surface area contributed by atoms with Crippen LogP contribution in [0.3, 0.4) is 0 Å². The molecule has 3 aromatic rings. The quantitative estimate of drug-likeness (QED) is 0.0160. The van der Waals surface area contributed by atoms with Gasteiger partial charge in [-0.1, -0.05) is 0 Å². The van der Waals surface area contributed by atoms with Gasteiger partial charge in [-0.25, -0.2) is 0 Å². The van der Waals surface area contributed by atoms with Gasteiger partial charge in [0, 0.05) is 50.0 Å². The number of aliphatic imine (C=N–C) groups is 1. The van der Waals surface area contributed by atoms with Crippen LogP contribution in [0.15, 0.2) is 45.1 Å². The molecular formula is C38H53F6N14O4S2+. The lowest BCUT2D eigenvalue weighted by Crippen LogP contribution is -2.39. The van der Waals surface area contributed by atoms with Gasteiger partial charge >= 0.3 is 18.3 Å². The van der Waals surface area contributed by atoms with Crippen LogP contribution in [0.5, 0.6) is 0 Å². The molecule has 0 saturated carbocycles. The smallest absolute Gasteiger partial charge is 0.370 e. The molecule has 0 unspecified atom stereocenters. The van der Waals surface area contributed by atoms with Crippen LogP contribution in [0.25, 0.3) is 0 Å². The topological polar surface area (TPSA) is 303 Å². The van der Waals surface area contributed by atoms with E-state index in [2.05, 4.69) is 41.8 Å². The minimum absolute atomic E-state index is 0.0420. The molecular weight excluding hydrogens is 895 g/mol. The largest absolute Gasteiger partial charge is 0.416 e. The number of anilines is 4. The SMILES string of the molecule is CC[N+](C)=C(N)NCCCCC(=O)Nc1cc(C(F)(F)F)cc(NC(=O)c2cc(C(=O)Nc3cc(C(F)(F)F)cc(NC(=O)CCCCN=C(N)N)c3SCCN)n[nH]2)c1SCCN. The molecule has 0 fully saturated rings. The number of alkyl halides is 6. The minimum Gasteiger partial charge on any atom is -0.370 e. The first-order valence-corrected chi connectivity index (χ1v) is 21.7. The Hall–Kier alpha value is -5.73. The average molecular weight is 948 g/mol. The zero-order valence-electron chi connectivity index (χ0n) is 35.0. The van der Waals surface area contributed by atoms with Crippen molar-refractivity contribution in [3.05, 3.63) is 52.8 Å². The van der Waals surface area contributed by atoms with Crippen LogP contribution in [0.2, 0.25) is 0 Å². The summed E-state index contributed by atoms with van der Waals surface area (Å²) >= 11 is 1.93. The van der Waals surface area contributed by atoms with Gasteiger partial charge in [-0.15, -0.1) is 23.5 Å². The van der Waals surface area contributed by atoms with E-state index in [1.807, 2.05) is 6.92 Å². The molecule has 26 heteroatoms. The predicted octanol–water partition coefficient (Wildman–Crippen LogP) is 4.11. The molecule has 18 nitrogen and oxygen atoms in total. The number of aromatic nitrogens is 2. The normalized spacial score (nSPS) is 12.0. The highest BCUT2D eigenvalue weighted by Crippen LogP contribution is 2.43. The Morgan fingerprint density at radius 3 is 1.64 bits per heavy atom. The number of aromatic amines is 1. The van der Waals surface area contributed by atoms with Crippen LogP contribution in [-0.4, -0.2) is 102 Å². The number of carbonyl (C=O) groups excluding carboxylic acids is 4. The Balaban J connectivity index is 1.89. The number of hydrogen-bond donors (Lipinski definition) is 11. The van der Waals surface area contributed by atoms with Crippen LogP contribution in [-0.2, 0) is 21.9 Å². The number of thioether (sulfide) groups is 2. The monoisotopic (exact) mass is 947 g/mol. The molecule has 1 aromatic heterocycles. The molecule has 352 valence electrons. The highest BCUT2D eigenvalue weighted by atomic mass is 32.2. The maximum atomic E-state index is 14.2. The van der Waals surface area contributed by atoms with E-state index in [1.165, 1.54) is 0 Å². The van der Waals surface area contributed by atoms with E-state index in [0.29, 0.717) is 56.9 Å². The summed E-state index contributed by atoms with van der Waals surface area (Å²) in [5, 5.41) is 18.9. The molecule has 0 atom stereocenters. The summed E-state index contributed by atoms with van der Waals surface area (Å²) in [6.07, 6.45) is -8.36. The Kier molecular flexibility index (Phi) is 20.5. The number of halogens is 6. The summed E-state index contributed by atoms with van der Waals surface area (Å²) in [5.74, 6) is -2.70. The molecule has 0 aliphatic heterocycles. The molecule has 4 amide bonds. The fourth-order valence-electron chi connectivity index (χ4n) is 5.48. The first kappa shape index (κ1) is 52.6. The van der Waals surface area contributed by atoms with Crippen molar-refractivity contribution in [3.8, 4) is 0 Å². The van der Waals surface area contributed by atoms with Gasteiger partial charge in [0.25, 0.3) is 11.8 Å². The zero-order chi connectivity index (χ0) is 47.6. The lowest BCUT2D eigenvalue weighted by molar-refractivity contribution is -0.496. The number of hydrogen-bond acceptors (Lipinski definition) is 10.